The molecule has 1 aliphatic rings. The van der Waals surface area contributed by atoms with Crippen molar-refractivity contribution in [3.63, 3.8) is 0 Å². The molecule has 5 heteroatoms. The van der Waals surface area contributed by atoms with Crippen LogP contribution in [-0.2, 0) is 11.3 Å². The topological polar surface area (TPSA) is 56.9 Å². The molecular formula is C13H20N2O3. The van der Waals surface area contributed by atoms with Crippen LogP contribution in [0.3, 0.4) is 0 Å². The van der Waals surface area contributed by atoms with Crippen molar-refractivity contribution in [1.29, 1.82) is 0 Å². The van der Waals surface area contributed by atoms with Crippen molar-refractivity contribution >= 4 is 5.97 Å². The smallest absolute Gasteiger partial charge is 0.324 e. The Labute approximate surface area is 107 Å². The van der Waals surface area contributed by atoms with Gasteiger partial charge in [-0.1, -0.05) is 0 Å². The Morgan fingerprint density at radius 3 is 2.61 bits per heavy atom. The van der Waals surface area contributed by atoms with E-state index >= 15 is 0 Å². The summed E-state index contributed by atoms with van der Waals surface area (Å²) < 4.78 is 5.31. The highest BCUT2D eigenvalue weighted by Crippen LogP contribution is 2.28. The Balaban J connectivity index is 1.96. The Hall–Kier alpha value is -1.33. The van der Waals surface area contributed by atoms with Gasteiger partial charge >= 0.3 is 5.97 Å². The zero-order valence-corrected chi connectivity index (χ0v) is 10.9. The number of likely N-dealkylation sites (N-methyl/N-ethyl adjacent to an activating group) is 1. The summed E-state index contributed by atoms with van der Waals surface area (Å²) in [4.78, 5) is 15.5. The van der Waals surface area contributed by atoms with E-state index in [-0.39, 0.29) is 0 Å². The van der Waals surface area contributed by atoms with Crippen LogP contribution in [0.5, 0.6) is 0 Å². The molecular weight excluding hydrogens is 232 g/mol. The molecule has 1 fully saturated rings. The Morgan fingerprint density at radius 2 is 2.17 bits per heavy atom. The largest absolute Gasteiger partial charge is 0.480 e. The van der Waals surface area contributed by atoms with E-state index in [0.717, 1.165) is 25.4 Å². The normalized spacial score (nSPS) is 20.2. The zero-order chi connectivity index (χ0) is 13.2. The summed E-state index contributed by atoms with van der Waals surface area (Å²) in [5.74, 6) is 0.216. The lowest BCUT2D eigenvalue weighted by molar-refractivity contribution is -0.153. The molecule has 1 aromatic rings. The van der Waals surface area contributed by atoms with E-state index in [9.17, 15) is 9.90 Å². The molecule has 0 bridgehead atoms. The van der Waals surface area contributed by atoms with Crippen LogP contribution >= 0.6 is 0 Å². The molecule has 1 aromatic heterocycles. The summed E-state index contributed by atoms with van der Waals surface area (Å²) in [5.41, 5.74) is -0.709. The molecule has 0 radical (unpaired) electrons. The van der Waals surface area contributed by atoms with E-state index in [2.05, 4.69) is 4.90 Å². The number of nitrogens with zero attached hydrogens (tertiary/aromatic N) is 2. The van der Waals surface area contributed by atoms with Crippen LogP contribution in [0.15, 0.2) is 22.8 Å². The average Bonchev–Trinajstić information content (AvgIpc) is 2.82. The van der Waals surface area contributed by atoms with Crippen LogP contribution in [0.2, 0.25) is 0 Å². The number of likely N-dealkylation sites (tertiary alicyclic amines) is 1. The quantitative estimate of drug-likeness (QED) is 0.874. The third kappa shape index (κ3) is 2.42. The summed E-state index contributed by atoms with van der Waals surface area (Å²) in [5, 5.41) is 9.42. The number of rotatable bonds is 4. The third-order valence-corrected chi connectivity index (χ3v) is 3.90. The van der Waals surface area contributed by atoms with Crippen LogP contribution < -0.4 is 0 Å². The van der Waals surface area contributed by atoms with Crippen LogP contribution in [0, 0.1) is 0 Å². The monoisotopic (exact) mass is 252 g/mol. The van der Waals surface area contributed by atoms with Gasteiger partial charge < -0.3 is 9.52 Å². The predicted molar refractivity (Wildman–Crippen MR) is 67.3 cm³/mol. The fourth-order valence-corrected chi connectivity index (χ4v) is 2.56. The molecule has 0 aliphatic carbocycles. The number of hydrogen-bond donors (Lipinski definition) is 1. The van der Waals surface area contributed by atoms with Crippen LogP contribution in [0.25, 0.3) is 0 Å². The van der Waals surface area contributed by atoms with Crippen molar-refractivity contribution in [2.75, 3.05) is 27.2 Å². The first-order chi connectivity index (χ1) is 8.54. The maximum atomic E-state index is 11.5. The van der Waals surface area contributed by atoms with Gasteiger partial charge in [0.25, 0.3) is 0 Å². The van der Waals surface area contributed by atoms with E-state index in [1.807, 2.05) is 31.1 Å². The molecule has 0 atom stereocenters. The fraction of sp³-hybridized carbons (Fsp3) is 0.615. The number of furan rings is 1. The van der Waals surface area contributed by atoms with Gasteiger partial charge in [0.05, 0.1) is 12.8 Å². The zero-order valence-electron chi connectivity index (χ0n) is 10.9. The van der Waals surface area contributed by atoms with Gasteiger partial charge in [-0.05, 0) is 39.1 Å². The maximum Gasteiger partial charge on any atom is 0.324 e. The molecule has 0 aromatic carbocycles. The first kappa shape index (κ1) is 13.1. The van der Waals surface area contributed by atoms with Gasteiger partial charge in [0, 0.05) is 13.1 Å². The standard InChI is InChI=1S/C13H20N2O3/c1-14(2)13(12(16)17)5-7-15(8-6-13)10-11-4-3-9-18-11/h3-4,9H,5-8,10H2,1-2H3,(H,16,17). The fourth-order valence-electron chi connectivity index (χ4n) is 2.56. The van der Waals surface area contributed by atoms with E-state index in [1.54, 1.807) is 6.26 Å². The number of carboxylic acids is 1. The highest BCUT2D eigenvalue weighted by Gasteiger charge is 2.43. The molecule has 2 heterocycles. The SMILES string of the molecule is CN(C)C1(C(=O)O)CCN(Cc2ccco2)CC1. The lowest BCUT2D eigenvalue weighted by atomic mass is 9.86. The summed E-state index contributed by atoms with van der Waals surface area (Å²) in [7, 11) is 3.69. The van der Waals surface area contributed by atoms with Crippen molar-refractivity contribution in [3.8, 4) is 0 Å². The molecule has 1 N–H and O–H groups in total. The second kappa shape index (κ2) is 5.12. The van der Waals surface area contributed by atoms with E-state index in [4.69, 9.17) is 4.42 Å². The summed E-state index contributed by atoms with van der Waals surface area (Å²) in [6, 6.07) is 3.83. The van der Waals surface area contributed by atoms with Crippen LogP contribution in [0.1, 0.15) is 18.6 Å². The number of aliphatic carboxylic acids is 1. The average molecular weight is 252 g/mol. The van der Waals surface area contributed by atoms with Gasteiger partial charge in [-0.15, -0.1) is 0 Å². The highest BCUT2D eigenvalue weighted by atomic mass is 16.4. The molecule has 18 heavy (non-hydrogen) atoms. The first-order valence-electron chi connectivity index (χ1n) is 6.20. The molecule has 0 unspecified atom stereocenters. The van der Waals surface area contributed by atoms with Gasteiger partial charge in [-0.3, -0.25) is 14.6 Å². The molecule has 5 nitrogen and oxygen atoms in total. The molecule has 1 aliphatic heterocycles. The van der Waals surface area contributed by atoms with E-state index < -0.39 is 11.5 Å². The van der Waals surface area contributed by atoms with Crippen molar-refractivity contribution in [1.82, 2.24) is 9.80 Å². The lowest BCUT2D eigenvalue weighted by Crippen LogP contribution is -2.57. The Morgan fingerprint density at radius 1 is 1.50 bits per heavy atom. The first-order valence-corrected chi connectivity index (χ1v) is 6.20. The lowest BCUT2D eigenvalue weighted by Gasteiger charge is -2.42. The molecule has 0 spiro atoms. The maximum absolute atomic E-state index is 11.5. The molecule has 1 saturated heterocycles. The van der Waals surface area contributed by atoms with Gasteiger partial charge in [-0.25, -0.2) is 0 Å². The number of hydrogen-bond acceptors (Lipinski definition) is 4. The van der Waals surface area contributed by atoms with Crippen molar-refractivity contribution < 1.29 is 14.3 Å². The molecule has 2 rings (SSSR count). The minimum Gasteiger partial charge on any atom is -0.480 e. The minimum atomic E-state index is -0.717. The van der Waals surface area contributed by atoms with Crippen LogP contribution in [-0.4, -0.2) is 53.6 Å². The number of carbonyl (C=O) groups is 1. The molecule has 100 valence electrons. The Kier molecular flexibility index (Phi) is 3.73. The van der Waals surface area contributed by atoms with Crippen LogP contribution in [0.4, 0.5) is 0 Å². The predicted octanol–water partition coefficient (Wildman–Crippen LogP) is 1.26. The minimum absolute atomic E-state index is 0.649. The van der Waals surface area contributed by atoms with Gasteiger partial charge in [0.1, 0.15) is 11.3 Å². The van der Waals surface area contributed by atoms with Gasteiger partial charge in [-0.2, -0.15) is 0 Å². The number of carboxylic acid groups (broad SMARTS) is 1. The summed E-state index contributed by atoms with van der Waals surface area (Å²) >= 11 is 0. The van der Waals surface area contributed by atoms with E-state index in [0.29, 0.717) is 12.8 Å². The summed E-state index contributed by atoms with van der Waals surface area (Å²) in [6.45, 7) is 2.33. The van der Waals surface area contributed by atoms with Crippen molar-refractivity contribution in [2.45, 2.75) is 24.9 Å². The van der Waals surface area contributed by atoms with E-state index in [1.165, 1.54) is 0 Å². The van der Waals surface area contributed by atoms with Crippen molar-refractivity contribution in [2.24, 2.45) is 0 Å². The molecule has 0 amide bonds. The van der Waals surface area contributed by atoms with Gasteiger partial charge in [0.15, 0.2) is 0 Å². The van der Waals surface area contributed by atoms with Crippen molar-refractivity contribution in [3.05, 3.63) is 24.2 Å². The highest BCUT2D eigenvalue weighted by molar-refractivity contribution is 5.78. The second-order valence-electron chi connectivity index (χ2n) is 5.09. The number of piperidine rings is 1. The Bertz CT molecular complexity index is 392. The van der Waals surface area contributed by atoms with Gasteiger partial charge in [0.2, 0.25) is 0 Å². The third-order valence-electron chi connectivity index (χ3n) is 3.90. The molecule has 0 saturated carbocycles. The second-order valence-corrected chi connectivity index (χ2v) is 5.09. The summed E-state index contributed by atoms with van der Waals surface area (Å²) in [6.07, 6.45) is 2.97.